The molecule has 124 valence electrons. The molecule has 1 aliphatic rings. The second-order valence-electron chi connectivity index (χ2n) is 6.69. The van der Waals surface area contributed by atoms with E-state index in [-0.39, 0.29) is 17.5 Å². The molecule has 0 heterocycles. The first-order chi connectivity index (χ1) is 11.1. The summed E-state index contributed by atoms with van der Waals surface area (Å²) in [5.41, 5.74) is 1.68. The predicted octanol–water partition coefficient (Wildman–Crippen LogP) is 5.05. The lowest BCUT2D eigenvalue weighted by molar-refractivity contribution is 0.0106. The summed E-state index contributed by atoms with van der Waals surface area (Å²) in [6.07, 6.45) is 7.34. The van der Waals surface area contributed by atoms with Crippen LogP contribution >= 0.6 is 0 Å². The van der Waals surface area contributed by atoms with E-state index in [0.29, 0.717) is 5.56 Å². The maximum atomic E-state index is 12.3. The summed E-state index contributed by atoms with van der Waals surface area (Å²) in [5.74, 6) is -0.238. The molecule has 3 heteroatoms. The van der Waals surface area contributed by atoms with Crippen molar-refractivity contribution in [3.8, 4) is 6.07 Å². The summed E-state index contributed by atoms with van der Waals surface area (Å²) < 4.78 is 5.64. The van der Waals surface area contributed by atoms with E-state index in [1.807, 2.05) is 24.3 Å². The fourth-order valence-corrected chi connectivity index (χ4v) is 3.47. The van der Waals surface area contributed by atoms with Gasteiger partial charge < -0.3 is 4.74 Å². The minimum atomic E-state index is -0.238. The predicted molar refractivity (Wildman–Crippen MR) is 91.1 cm³/mol. The number of ether oxygens (including phenoxy) is 1. The highest BCUT2D eigenvalue weighted by Crippen LogP contribution is 2.40. The van der Waals surface area contributed by atoms with Crippen LogP contribution in [0.2, 0.25) is 0 Å². The maximum absolute atomic E-state index is 12.3. The first-order valence-corrected chi connectivity index (χ1v) is 8.83. The molecule has 0 radical (unpaired) electrons. The third-order valence-corrected chi connectivity index (χ3v) is 4.86. The zero-order valence-corrected chi connectivity index (χ0v) is 14.3. The Morgan fingerprint density at radius 3 is 2.39 bits per heavy atom. The zero-order chi connectivity index (χ0) is 16.7. The average Bonchev–Trinajstić information content (AvgIpc) is 2.58. The van der Waals surface area contributed by atoms with Crippen LogP contribution in [0.5, 0.6) is 0 Å². The summed E-state index contributed by atoms with van der Waals surface area (Å²) in [6.45, 7) is 4.26. The molecular weight excluding hydrogens is 286 g/mol. The summed E-state index contributed by atoms with van der Waals surface area (Å²) in [5, 5.41) is 9.43. The van der Waals surface area contributed by atoms with Crippen molar-refractivity contribution < 1.29 is 9.53 Å². The van der Waals surface area contributed by atoms with Crippen molar-refractivity contribution in [3.63, 3.8) is 0 Å². The molecule has 1 aromatic carbocycles. The molecule has 0 saturated heterocycles. The number of hydrogen-bond acceptors (Lipinski definition) is 3. The van der Waals surface area contributed by atoms with Crippen LogP contribution in [-0.4, -0.2) is 12.1 Å². The lowest BCUT2D eigenvalue weighted by Crippen LogP contribution is -2.31. The normalized spacial score (nSPS) is 24.0. The molecule has 0 aromatic heterocycles. The Labute approximate surface area is 139 Å². The van der Waals surface area contributed by atoms with E-state index in [2.05, 4.69) is 19.9 Å². The van der Waals surface area contributed by atoms with Crippen LogP contribution in [0, 0.1) is 16.7 Å². The Morgan fingerprint density at radius 2 is 1.87 bits per heavy atom. The Kier molecular flexibility index (Phi) is 6.21. The van der Waals surface area contributed by atoms with Crippen molar-refractivity contribution in [1.82, 2.24) is 0 Å². The van der Waals surface area contributed by atoms with Gasteiger partial charge in [-0.25, -0.2) is 4.79 Å². The zero-order valence-electron chi connectivity index (χ0n) is 14.3. The second-order valence-corrected chi connectivity index (χ2v) is 6.69. The smallest absolute Gasteiger partial charge is 0.338 e. The SMILES string of the molecule is CCCc1ccc(C(=O)OC2CCC(C#N)(CCC)CC2)cc1. The highest BCUT2D eigenvalue weighted by atomic mass is 16.5. The van der Waals surface area contributed by atoms with Gasteiger partial charge in [0.1, 0.15) is 6.10 Å². The number of hydrogen-bond donors (Lipinski definition) is 0. The largest absolute Gasteiger partial charge is 0.459 e. The third-order valence-electron chi connectivity index (χ3n) is 4.86. The first kappa shape index (κ1) is 17.5. The van der Waals surface area contributed by atoms with E-state index >= 15 is 0 Å². The molecule has 3 nitrogen and oxygen atoms in total. The van der Waals surface area contributed by atoms with Crippen molar-refractivity contribution in [1.29, 1.82) is 5.26 Å². The molecule has 0 N–H and O–H groups in total. The summed E-state index contributed by atoms with van der Waals surface area (Å²) in [6, 6.07) is 10.2. The highest BCUT2D eigenvalue weighted by molar-refractivity contribution is 5.89. The van der Waals surface area contributed by atoms with Gasteiger partial charge in [0.15, 0.2) is 0 Å². The lowest BCUT2D eigenvalue weighted by atomic mass is 9.71. The van der Waals surface area contributed by atoms with E-state index in [4.69, 9.17) is 4.74 Å². The minimum Gasteiger partial charge on any atom is -0.459 e. The van der Waals surface area contributed by atoms with Crippen LogP contribution in [-0.2, 0) is 11.2 Å². The van der Waals surface area contributed by atoms with Crippen molar-refractivity contribution in [2.24, 2.45) is 5.41 Å². The van der Waals surface area contributed by atoms with E-state index in [1.54, 1.807) is 0 Å². The van der Waals surface area contributed by atoms with Gasteiger partial charge in [0.25, 0.3) is 0 Å². The van der Waals surface area contributed by atoms with Gasteiger partial charge in [0.05, 0.1) is 17.0 Å². The van der Waals surface area contributed by atoms with Gasteiger partial charge in [-0.15, -0.1) is 0 Å². The van der Waals surface area contributed by atoms with Crippen LogP contribution in [0.3, 0.4) is 0 Å². The van der Waals surface area contributed by atoms with E-state index in [1.165, 1.54) is 5.56 Å². The maximum Gasteiger partial charge on any atom is 0.338 e. The molecule has 1 fully saturated rings. The number of rotatable bonds is 6. The van der Waals surface area contributed by atoms with Gasteiger partial charge in [-0.2, -0.15) is 5.26 Å². The van der Waals surface area contributed by atoms with Crippen LogP contribution in [0.25, 0.3) is 0 Å². The summed E-state index contributed by atoms with van der Waals surface area (Å²) in [7, 11) is 0. The van der Waals surface area contributed by atoms with E-state index < -0.39 is 0 Å². The first-order valence-electron chi connectivity index (χ1n) is 8.83. The van der Waals surface area contributed by atoms with Crippen LogP contribution in [0.1, 0.15) is 74.7 Å². The Bertz CT molecular complexity index is 548. The van der Waals surface area contributed by atoms with Crippen molar-refractivity contribution in [2.45, 2.75) is 71.3 Å². The third kappa shape index (κ3) is 4.58. The van der Waals surface area contributed by atoms with Crippen molar-refractivity contribution in [2.75, 3.05) is 0 Å². The quantitative estimate of drug-likeness (QED) is 0.691. The average molecular weight is 313 g/mol. The summed E-state index contributed by atoms with van der Waals surface area (Å²) >= 11 is 0. The van der Waals surface area contributed by atoms with Crippen LogP contribution in [0.4, 0.5) is 0 Å². The van der Waals surface area contributed by atoms with Gasteiger partial charge >= 0.3 is 5.97 Å². The topological polar surface area (TPSA) is 50.1 Å². The van der Waals surface area contributed by atoms with Gasteiger partial charge in [-0.05, 0) is 56.2 Å². The van der Waals surface area contributed by atoms with Gasteiger partial charge in [0, 0.05) is 0 Å². The minimum absolute atomic E-state index is 0.0452. The molecule has 1 saturated carbocycles. The highest BCUT2D eigenvalue weighted by Gasteiger charge is 2.36. The number of carbonyl (C=O) groups is 1. The number of nitriles is 1. The lowest BCUT2D eigenvalue weighted by Gasteiger charge is -2.34. The molecule has 1 aromatic rings. The number of nitrogens with zero attached hydrogens (tertiary/aromatic N) is 1. The number of carbonyl (C=O) groups excluding carboxylic acids is 1. The number of benzene rings is 1. The standard InChI is InChI=1S/C20H27NO2/c1-3-5-16-6-8-17(9-7-16)19(22)23-18-10-13-20(15-21,12-4-2)14-11-18/h6-9,18H,3-5,10-14H2,1-2H3. The molecule has 23 heavy (non-hydrogen) atoms. The van der Waals surface area contributed by atoms with Gasteiger partial charge in [0.2, 0.25) is 0 Å². The molecule has 2 rings (SSSR count). The Hall–Kier alpha value is -1.82. The number of aryl methyl sites for hydroxylation is 1. The Morgan fingerprint density at radius 1 is 1.22 bits per heavy atom. The molecule has 1 aliphatic carbocycles. The molecule has 0 bridgehead atoms. The van der Waals surface area contributed by atoms with E-state index in [0.717, 1.165) is 51.4 Å². The molecule has 0 spiro atoms. The molecule has 0 amide bonds. The second kappa shape index (κ2) is 8.15. The molecule has 0 unspecified atom stereocenters. The van der Waals surface area contributed by atoms with Gasteiger partial charge in [-0.1, -0.05) is 38.8 Å². The number of esters is 1. The molecule has 0 atom stereocenters. The molecule has 0 aliphatic heterocycles. The monoisotopic (exact) mass is 313 g/mol. The molecular formula is C20H27NO2. The van der Waals surface area contributed by atoms with Crippen molar-refractivity contribution in [3.05, 3.63) is 35.4 Å². The summed E-state index contributed by atoms with van der Waals surface area (Å²) in [4.78, 5) is 12.3. The Balaban J connectivity index is 1.88. The van der Waals surface area contributed by atoms with Crippen molar-refractivity contribution >= 4 is 5.97 Å². The van der Waals surface area contributed by atoms with Crippen LogP contribution in [0.15, 0.2) is 24.3 Å². The van der Waals surface area contributed by atoms with E-state index in [9.17, 15) is 10.1 Å². The van der Waals surface area contributed by atoms with Gasteiger partial charge in [-0.3, -0.25) is 0 Å². The fourth-order valence-electron chi connectivity index (χ4n) is 3.47. The fraction of sp³-hybridized carbons (Fsp3) is 0.600. The van der Waals surface area contributed by atoms with Crippen LogP contribution < -0.4 is 0 Å².